The second-order valence-electron chi connectivity index (χ2n) is 7.43. The highest BCUT2D eigenvalue weighted by Gasteiger charge is 2.27. The third kappa shape index (κ3) is 4.59. The lowest BCUT2D eigenvalue weighted by Crippen LogP contribution is -2.52. The summed E-state index contributed by atoms with van der Waals surface area (Å²) in [4.78, 5) is 25.7. The number of esters is 1. The van der Waals surface area contributed by atoms with E-state index in [0.29, 0.717) is 37.6 Å². The predicted molar refractivity (Wildman–Crippen MR) is 120 cm³/mol. The molecular weight excluding hydrogens is 408 g/mol. The first kappa shape index (κ1) is 21.8. The third-order valence-electron chi connectivity index (χ3n) is 5.30. The van der Waals surface area contributed by atoms with E-state index in [1.54, 1.807) is 24.1 Å². The molecule has 32 heavy (non-hydrogen) atoms. The Morgan fingerprint density at radius 2 is 1.78 bits per heavy atom. The molecule has 1 aliphatic rings. The molecule has 0 saturated carbocycles. The van der Waals surface area contributed by atoms with Crippen LogP contribution in [0.2, 0.25) is 0 Å². The maximum atomic E-state index is 13.7. The van der Waals surface area contributed by atoms with Crippen molar-refractivity contribution >= 4 is 17.6 Å². The molecule has 1 aliphatic heterocycles. The minimum atomic E-state index is -0.508. The smallest absolute Gasteiger partial charge is 0.374 e. The highest BCUT2D eigenvalue weighted by molar-refractivity contribution is 6.06. The number of nitrogens with zero attached hydrogens (tertiary/aromatic N) is 2. The van der Waals surface area contributed by atoms with Gasteiger partial charge in [-0.2, -0.15) is 0 Å². The number of benzene rings is 2. The minimum Gasteiger partial charge on any atom is -0.460 e. The van der Waals surface area contributed by atoms with Crippen LogP contribution in [0.3, 0.4) is 0 Å². The molecular formula is C25H26N2O5. The molecule has 0 N–H and O–H groups in total. The molecule has 0 bridgehead atoms. The number of hydrogen-bond donors (Lipinski definition) is 0. The quantitative estimate of drug-likeness (QED) is 0.538. The lowest BCUT2D eigenvalue weighted by atomic mass is 10.0. The van der Waals surface area contributed by atoms with Gasteiger partial charge in [0.25, 0.3) is 5.91 Å². The first-order valence-corrected chi connectivity index (χ1v) is 10.7. The second-order valence-corrected chi connectivity index (χ2v) is 7.43. The third-order valence-corrected chi connectivity index (χ3v) is 5.30. The molecule has 1 amide bonds. The first-order valence-electron chi connectivity index (χ1n) is 10.7. The summed E-state index contributed by atoms with van der Waals surface area (Å²) >= 11 is 0. The number of morpholine rings is 1. The summed E-state index contributed by atoms with van der Waals surface area (Å²) in [7, 11) is 0. The van der Waals surface area contributed by atoms with Gasteiger partial charge in [0.1, 0.15) is 5.76 Å². The Kier molecular flexibility index (Phi) is 6.68. The van der Waals surface area contributed by atoms with Crippen molar-refractivity contribution < 1.29 is 23.5 Å². The number of hydrogen-bond acceptors (Lipinski definition) is 6. The molecule has 0 atom stereocenters. The molecule has 1 saturated heterocycles. The molecule has 2 heterocycles. The summed E-state index contributed by atoms with van der Waals surface area (Å²) in [5.74, 6) is -0.00206. The summed E-state index contributed by atoms with van der Waals surface area (Å²) < 4.78 is 16.2. The Balaban J connectivity index is 1.68. The normalized spacial score (nSPS) is 14.2. The van der Waals surface area contributed by atoms with Crippen molar-refractivity contribution in [3.8, 4) is 11.3 Å². The molecule has 3 aromatic rings. The Morgan fingerprint density at radius 1 is 1.03 bits per heavy atom. The van der Waals surface area contributed by atoms with Crippen LogP contribution in [0.1, 0.15) is 33.4 Å². The average Bonchev–Trinajstić information content (AvgIpc) is 3.31. The summed E-state index contributed by atoms with van der Waals surface area (Å²) in [6, 6.07) is 18.4. The lowest BCUT2D eigenvalue weighted by molar-refractivity contribution is 0.0300. The van der Waals surface area contributed by atoms with Crippen molar-refractivity contribution in [3.05, 3.63) is 77.6 Å². The summed E-state index contributed by atoms with van der Waals surface area (Å²) in [6.45, 7) is 6.34. The van der Waals surface area contributed by atoms with Crippen molar-refractivity contribution in [1.82, 2.24) is 5.01 Å². The van der Waals surface area contributed by atoms with Gasteiger partial charge in [0.05, 0.1) is 25.5 Å². The number of para-hydroxylation sites is 1. The van der Waals surface area contributed by atoms with E-state index in [0.717, 1.165) is 16.8 Å². The van der Waals surface area contributed by atoms with Gasteiger partial charge in [-0.25, -0.2) is 14.8 Å². The molecule has 1 fully saturated rings. The summed E-state index contributed by atoms with van der Waals surface area (Å²) in [5.41, 5.74) is 3.00. The SMILES string of the molecule is CCOC(=O)c1ccc(-c2cc(C(=O)N(c3ccccc3)N3CCOCC3)ccc2C)o1. The summed E-state index contributed by atoms with van der Waals surface area (Å²) in [6.07, 6.45) is 0. The van der Waals surface area contributed by atoms with E-state index in [-0.39, 0.29) is 18.3 Å². The zero-order chi connectivity index (χ0) is 22.5. The van der Waals surface area contributed by atoms with Crippen LogP contribution in [0, 0.1) is 6.92 Å². The first-order chi connectivity index (χ1) is 15.6. The molecule has 0 radical (unpaired) electrons. The fourth-order valence-electron chi connectivity index (χ4n) is 3.67. The van der Waals surface area contributed by atoms with Crippen LogP contribution in [0.5, 0.6) is 0 Å². The molecule has 7 heteroatoms. The van der Waals surface area contributed by atoms with Crippen molar-refractivity contribution in [2.24, 2.45) is 0 Å². The van der Waals surface area contributed by atoms with Crippen LogP contribution in [0.15, 0.2) is 65.1 Å². The van der Waals surface area contributed by atoms with Gasteiger partial charge in [-0.3, -0.25) is 4.79 Å². The Labute approximate surface area is 187 Å². The molecule has 166 valence electrons. The van der Waals surface area contributed by atoms with Gasteiger partial charge in [-0.15, -0.1) is 0 Å². The van der Waals surface area contributed by atoms with E-state index < -0.39 is 5.97 Å². The number of amides is 1. The van der Waals surface area contributed by atoms with Crippen molar-refractivity contribution in [3.63, 3.8) is 0 Å². The maximum absolute atomic E-state index is 13.7. The molecule has 0 spiro atoms. The zero-order valence-corrected chi connectivity index (χ0v) is 18.2. The van der Waals surface area contributed by atoms with Crippen LogP contribution >= 0.6 is 0 Å². The fraction of sp³-hybridized carbons (Fsp3) is 0.280. The van der Waals surface area contributed by atoms with Crippen LogP contribution in [-0.4, -0.2) is 49.8 Å². The average molecular weight is 434 g/mol. The van der Waals surface area contributed by atoms with Crippen LogP contribution in [0.25, 0.3) is 11.3 Å². The molecule has 7 nitrogen and oxygen atoms in total. The van der Waals surface area contributed by atoms with E-state index in [2.05, 4.69) is 0 Å². The number of ether oxygens (including phenoxy) is 2. The predicted octanol–water partition coefficient (Wildman–Crippen LogP) is 4.33. The molecule has 1 aromatic heterocycles. The number of aryl methyl sites for hydroxylation is 1. The monoisotopic (exact) mass is 434 g/mol. The fourth-order valence-corrected chi connectivity index (χ4v) is 3.67. The second kappa shape index (κ2) is 9.80. The molecule has 0 aliphatic carbocycles. The topological polar surface area (TPSA) is 72.2 Å². The van der Waals surface area contributed by atoms with Gasteiger partial charge in [0.2, 0.25) is 5.76 Å². The standard InChI is InChI=1S/C25H26N2O5/c1-3-31-25(29)23-12-11-22(32-23)21-17-19(10-9-18(21)2)24(28)27(20-7-5-4-6-8-20)26-13-15-30-16-14-26/h4-12,17H,3,13-16H2,1-2H3. The number of furan rings is 1. The number of rotatable bonds is 6. The van der Waals surface area contributed by atoms with Crippen LogP contribution < -0.4 is 5.01 Å². The van der Waals surface area contributed by atoms with E-state index in [9.17, 15) is 9.59 Å². The number of carbonyl (C=O) groups excluding carboxylic acids is 2. The van der Waals surface area contributed by atoms with E-state index in [1.165, 1.54) is 0 Å². The number of hydrazine groups is 1. The van der Waals surface area contributed by atoms with Crippen molar-refractivity contribution in [2.45, 2.75) is 13.8 Å². The van der Waals surface area contributed by atoms with E-state index >= 15 is 0 Å². The number of carbonyl (C=O) groups is 2. The highest BCUT2D eigenvalue weighted by atomic mass is 16.5. The Hall–Kier alpha value is -3.42. The van der Waals surface area contributed by atoms with Crippen molar-refractivity contribution in [1.29, 1.82) is 0 Å². The van der Waals surface area contributed by atoms with Gasteiger partial charge in [-0.1, -0.05) is 24.3 Å². The molecule has 2 aromatic carbocycles. The number of anilines is 1. The Bertz CT molecular complexity index is 1090. The zero-order valence-electron chi connectivity index (χ0n) is 18.2. The van der Waals surface area contributed by atoms with Crippen LogP contribution in [0.4, 0.5) is 5.69 Å². The van der Waals surface area contributed by atoms with E-state index in [1.807, 2.05) is 60.5 Å². The van der Waals surface area contributed by atoms with Gasteiger partial charge in [0, 0.05) is 24.2 Å². The lowest BCUT2D eigenvalue weighted by Gasteiger charge is -2.37. The van der Waals surface area contributed by atoms with Gasteiger partial charge in [0.15, 0.2) is 0 Å². The van der Waals surface area contributed by atoms with Gasteiger partial charge < -0.3 is 13.9 Å². The largest absolute Gasteiger partial charge is 0.460 e. The Morgan fingerprint density at radius 3 is 2.50 bits per heavy atom. The van der Waals surface area contributed by atoms with E-state index in [4.69, 9.17) is 13.9 Å². The molecule has 0 unspecified atom stereocenters. The summed E-state index contributed by atoms with van der Waals surface area (Å²) in [5, 5.41) is 3.72. The molecule has 4 rings (SSSR count). The van der Waals surface area contributed by atoms with Gasteiger partial charge in [-0.05, 0) is 55.8 Å². The van der Waals surface area contributed by atoms with Crippen molar-refractivity contribution in [2.75, 3.05) is 37.9 Å². The minimum absolute atomic E-state index is 0.136. The van der Waals surface area contributed by atoms with Crippen LogP contribution in [-0.2, 0) is 9.47 Å². The highest BCUT2D eigenvalue weighted by Crippen LogP contribution is 2.29. The maximum Gasteiger partial charge on any atom is 0.374 e. The van der Waals surface area contributed by atoms with Gasteiger partial charge >= 0.3 is 5.97 Å².